The summed E-state index contributed by atoms with van der Waals surface area (Å²) in [4.78, 5) is 35.5. The quantitative estimate of drug-likeness (QED) is 0.509. The minimum absolute atomic E-state index is 0.204. The van der Waals surface area contributed by atoms with Gasteiger partial charge in [0.2, 0.25) is 11.8 Å². The molecule has 0 fully saturated rings. The Hall–Kier alpha value is -3.40. The lowest BCUT2D eigenvalue weighted by Crippen LogP contribution is -2.34. The Kier molecular flexibility index (Phi) is 8.64. The molecule has 0 atom stereocenters. The van der Waals surface area contributed by atoms with Crippen LogP contribution in [0, 0.1) is 0 Å². The van der Waals surface area contributed by atoms with E-state index in [4.69, 9.17) is 14.2 Å². The zero-order chi connectivity index (χ0) is 24.6. The van der Waals surface area contributed by atoms with E-state index >= 15 is 0 Å². The summed E-state index contributed by atoms with van der Waals surface area (Å²) in [6.07, 6.45) is 2.44. The van der Waals surface area contributed by atoms with Crippen molar-refractivity contribution in [2.45, 2.75) is 39.2 Å². The van der Waals surface area contributed by atoms with Gasteiger partial charge in [-0.3, -0.25) is 4.79 Å². The van der Waals surface area contributed by atoms with Crippen LogP contribution in [0.25, 0.3) is 0 Å². The Morgan fingerprint density at radius 2 is 1.88 bits per heavy atom. The Morgan fingerprint density at radius 1 is 1.12 bits per heavy atom. The third-order valence-electron chi connectivity index (χ3n) is 4.95. The Bertz CT molecular complexity index is 992. The Labute approximate surface area is 200 Å². The van der Waals surface area contributed by atoms with Crippen LogP contribution in [-0.2, 0) is 15.9 Å². The van der Waals surface area contributed by atoms with Gasteiger partial charge in [0.05, 0.1) is 6.61 Å². The maximum atomic E-state index is 12.8. The molecule has 0 saturated carbocycles. The summed E-state index contributed by atoms with van der Waals surface area (Å²) < 4.78 is 16.0. The lowest BCUT2D eigenvalue weighted by Gasteiger charge is -2.19. The number of rotatable bonds is 10. The first-order valence-electron chi connectivity index (χ1n) is 11.4. The van der Waals surface area contributed by atoms with E-state index in [0.29, 0.717) is 32.1 Å². The van der Waals surface area contributed by atoms with Crippen molar-refractivity contribution < 1.29 is 23.8 Å². The van der Waals surface area contributed by atoms with Crippen LogP contribution in [0.4, 0.5) is 16.4 Å². The van der Waals surface area contributed by atoms with Crippen LogP contribution in [-0.4, -0.2) is 67.5 Å². The summed E-state index contributed by atoms with van der Waals surface area (Å²) in [6, 6.07) is 8.11. The molecule has 2 aromatic rings. The molecule has 3 rings (SSSR count). The average molecular weight is 472 g/mol. The number of methoxy groups -OCH3 is 1. The number of alkyl carbamates (subject to hydrolysis) is 1. The lowest BCUT2D eigenvalue weighted by molar-refractivity contribution is 0.0527. The molecule has 2 amide bonds. The highest BCUT2D eigenvalue weighted by molar-refractivity contribution is 5.96. The van der Waals surface area contributed by atoms with Gasteiger partial charge in [0, 0.05) is 38.6 Å². The summed E-state index contributed by atoms with van der Waals surface area (Å²) in [6.45, 7) is 7.50. The molecule has 184 valence electrons. The normalized spacial score (nSPS) is 12.8. The minimum atomic E-state index is -0.555. The Balaban J connectivity index is 1.61. The first-order chi connectivity index (χ1) is 16.3. The smallest absolute Gasteiger partial charge is 0.407 e. The number of nitrogens with one attached hydrogen (secondary N) is 2. The highest BCUT2D eigenvalue weighted by Crippen LogP contribution is 2.33. The standard InChI is InChI=1S/C24H33N5O5/c1-24(2,3)34-23(31)26-12-7-11-25-20(30)18-16-27-22(28-21(18)33-15-14-32-4)29-13-10-17-8-5-6-9-19(17)29/h5-6,8-9,16H,7,10-15H2,1-4H3,(H,25,30)(H,26,31). The van der Waals surface area contributed by atoms with E-state index in [9.17, 15) is 9.59 Å². The molecule has 0 spiro atoms. The van der Waals surface area contributed by atoms with Crippen molar-refractivity contribution >= 4 is 23.6 Å². The fourth-order valence-electron chi connectivity index (χ4n) is 3.41. The summed E-state index contributed by atoms with van der Waals surface area (Å²) in [7, 11) is 1.58. The number of aromatic nitrogens is 2. The van der Waals surface area contributed by atoms with E-state index in [1.807, 2.05) is 23.1 Å². The number of nitrogens with zero attached hydrogens (tertiary/aromatic N) is 3. The molecule has 0 radical (unpaired) electrons. The molecule has 0 bridgehead atoms. The maximum Gasteiger partial charge on any atom is 0.407 e. The van der Waals surface area contributed by atoms with Crippen LogP contribution in [0.2, 0.25) is 0 Å². The van der Waals surface area contributed by atoms with Crippen molar-refractivity contribution in [2.24, 2.45) is 0 Å². The van der Waals surface area contributed by atoms with Crippen molar-refractivity contribution in [1.82, 2.24) is 20.6 Å². The number of hydrogen-bond acceptors (Lipinski definition) is 8. The number of amides is 2. The number of benzene rings is 1. The van der Waals surface area contributed by atoms with Gasteiger partial charge in [-0.1, -0.05) is 18.2 Å². The van der Waals surface area contributed by atoms with E-state index in [1.165, 1.54) is 11.8 Å². The predicted octanol–water partition coefficient (Wildman–Crippen LogP) is 2.84. The minimum Gasteiger partial charge on any atom is -0.475 e. The second-order valence-electron chi connectivity index (χ2n) is 8.80. The Morgan fingerprint density at radius 3 is 2.65 bits per heavy atom. The number of carbonyl (C=O) groups is 2. The van der Waals surface area contributed by atoms with Gasteiger partial charge < -0.3 is 29.7 Å². The van der Waals surface area contributed by atoms with Gasteiger partial charge in [-0.15, -0.1) is 0 Å². The zero-order valence-electron chi connectivity index (χ0n) is 20.2. The molecule has 1 aliphatic heterocycles. The fourth-order valence-corrected chi connectivity index (χ4v) is 3.41. The largest absolute Gasteiger partial charge is 0.475 e. The summed E-state index contributed by atoms with van der Waals surface area (Å²) >= 11 is 0. The van der Waals surface area contributed by atoms with Crippen molar-refractivity contribution in [1.29, 1.82) is 0 Å². The molecule has 10 heteroatoms. The molecular formula is C24H33N5O5. The highest BCUT2D eigenvalue weighted by atomic mass is 16.6. The SMILES string of the molecule is COCCOc1nc(N2CCc3ccccc32)ncc1C(=O)NCCCNC(=O)OC(C)(C)C. The molecule has 2 N–H and O–H groups in total. The van der Waals surface area contributed by atoms with E-state index in [2.05, 4.69) is 26.7 Å². The van der Waals surface area contributed by atoms with Crippen LogP contribution in [0.1, 0.15) is 43.1 Å². The maximum absolute atomic E-state index is 12.8. The molecule has 2 heterocycles. The average Bonchev–Trinajstić information content (AvgIpc) is 3.22. The first-order valence-corrected chi connectivity index (χ1v) is 11.4. The van der Waals surface area contributed by atoms with Crippen LogP contribution >= 0.6 is 0 Å². The van der Waals surface area contributed by atoms with E-state index in [0.717, 1.165) is 18.7 Å². The fraction of sp³-hybridized carbons (Fsp3) is 0.500. The van der Waals surface area contributed by atoms with Crippen LogP contribution < -0.4 is 20.3 Å². The summed E-state index contributed by atoms with van der Waals surface area (Å²) in [5, 5.41) is 5.48. The highest BCUT2D eigenvalue weighted by Gasteiger charge is 2.24. The molecule has 10 nitrogen and oxygen atoms in total. The molecular weight excluding hydrogens is 438 g/mol. The van der Waals surface area contributed by atoms with Crippen LogP contribution in [0.5, 0.6) is 5.88 Å². The molecule has 1 aromatic carbocycles. The number of anilines is 2. The first kappa shape index (κ1) is 25.2. The van der Waals surface area contributed by atoms with E-state index in [-0.39, 0.29) is 24.0 Å². The van der Waals surface area contributed by atoms with Gasteiger partial charge in [-0.2, -0.15) is 4.98 Å². The topological polar surface area (TPSA) is 115 Å². The zero-order valence-corrected chi connectivity index (χ0v) is 20.2. The van der Waals surface area contributed by atoms with Gasteiger partial charge in [0.1, 0.15) is 17.8 Å². The number of ether oxygens (including phenoxy) is 3. The lowest BCUT2D eigenvalue weighted by atomic mass is 10.2. The van der Waals surface area contributed by atoms with Crippen LogP contribution in [0.3, 0.4) is 0 Å². The van der Waals surface area contributed by atoms with Gasteiger partial charge in [0.25, 0.3) is 5.91 Å². The number of para-hydroxylation sites is 1. The molecule has 34 heavy (non-hydrogen) atoms. The number of hydrogen-bond donors (Lipinski definition) is 2. The third-order valence-corrected chi connectivity index (χ3v) is 4.95. The predicted molar refractivity (Wildman–Crippen MR) is 128 cm³/mol. The van der Waals surface area contributed by atoms with Crippen molar-refractivity contribution in [3.8, 4) is 5.88 Å². The van der Waals surface area contributed by atoms with Crippen molar-refractivity contribution in [3.05, 3.63) is 41.6 Å². The molecule has 0 aliphatic carbocycles. The molecule has 1 aromatic heterocycles. The monoisotopic (exact) mass is 471 g/mol. The van der Waals surface area contributed by atoms with E-state index in [1.54, 1.807) is 27.9 Å². The molecule has 1 aliphatic rings. The van der Waals surface area contributed by atoms with Gasteiger partial charge in [-0.25, -0.2) is 9.78 Å². The van der Waals surface area contributed by atoms with E-state index < -0.39 is 11.7 Å². The summed E-state index contributed by atoms with van der Waals surface area (Å²) in [5.41, 5.74) is 1.98. The van der Waals surface area contributed by atoms with Crippen molar-refractivity contribution in [2.75, 3.05) is 44.9 Å². The summed E-state index contributed by atoms with van der Waals surface area (Å²) in [5.74, 6) is 0.337. The van der Waals surface area contributed by atoms with Crippen molar-refractivity contribution in [3.63, 3.8) is 0 Å². The van der Waals surface area contributed by atoms with Gasteiger partial charge in [-0.05, 0) is 45.2 Å². The van der Waals surface area contributed by atoms with Gasteiger partial charge >= 0.3 is 6.09 Å². The second-order valence-corrected chi connectivity index (χ2v) is 8.80. The molecule has 0 unspecified atom stereocenters. The van der Waals surface area contributed by atoms with Crippen LogP contribution in [0.15, 0.2) is 30.5 Å². The number of fused-ring (bicyclic) bond motifs is 1. The second kappa shape index (κ2) is 11.6. The number of carbonyl (C=O) groups excluding carboxylic acids is 2. The third kappa shape index (κ3) is 7.05. The molecule has 0 saturated heterocycles. The van der Waals surface area contributed by atoms with Gasteiger partial charge in [0.15, 0.2) is 0 Å².